The van der Waals surface area contributed by atoms with E-state index in [4.69, 9.17) is 4.74 Å². The summed E-state index contributed by atoms with van der Waals surface area (Å²) in [7, 11) is 0. The first kappa shape index (κ1) is 16.2. The predicted molar refractivity (Wildman–Crippen MR) is 95.2 cm³/mol. The summed E-state index contributed by atoms with van der Waals surface area (Å²) in [4.78, 5) is 12.1. The number of amides is 1. The molecule has 0 bridgehead atoms. The molecule has 0 N–H and O–H groups in total. The third kappa shape index (κ3) is 3.32. The number of hydrogen-bond donors (Lipinski definition) is 0. The molecular formula is C20H22N2O2. The van der Waals surface area contributed by atoms with E-state index in [1.165, 1.54) is 5.56 Å². The highest BCUT2D eigenvalue weighted by Crippen LogP contribution is 2.34. The number of hydrazone groups is 1. The van der Waals surface area contributed by atoms with Crippen LogP contribution in [0, 0.1) is 6.92 Å². The van der Waals surface area contributed by atoms with Crippen molar-refractivity contribution >= 4 is 11.6 Å². The number of hydrogen-bond acceptors (Lipinski definition) is 3. The number of ether oxygens (including phenoxy) is 1. The third-order valence-corrected chi connectivity index (χ3v) is 4.14. The average Bonchev–Trinajstić information content (AvgIpc) is 3.01. The summed E-state index contributed by atoms with van der Waals surface area (Å²) in [6, 6.07) is 16.1. The Morgan fingerprint density at radius 2 is 2.04 bits per heavy atom. The second-order valence-electron chi connectivity index (χ2n) is 6.01. The minimum atomic E-state index is -0.0848. The molecule has 4 nitrogen and oxygen atoms in total. The van der Waals surface area contributed by atoms with Gasteiger partial charge in [-0.3, -0.25) is 4.79 Å². The molecule has 0 saturated heterocycles. The lowest BCUT2D eigenvalue weighted by Crippen LogP contribution is -2.24. The molecule has 1 atom stereocenters. The molecule has 0 radical (unpaired) electrons. The van der Waals surface area contributed by atoms with Gasteiger partial charge in [-0.25, -0.2) is 5.01 Å². The highest BCUT2D eigenvalue weighted by atomic mass is 16.5. The van der Waals surface area contributed by atoms with Crippen molar-refractivity contribution in [1.29, 1.82) is 0 Å². The molecule has 0 fully saturated rings. The van der Waals surface area contributed by atoms with E-state index in [1.54, 1.807) is 11.9 Å². The smallest absolute Gasteiger partial charge is 0.240 e. The van der Waals surface area contributed by atoms with E-state index in [-0.39, 0.29) is 11.9 Å². The van der Waals surface area contributed by atoms with Crippen LogP contribution in [0.5, 0.6) is 5.75 Å². The van der Waals surface area contributed by atoms with Gasteiger partial charge < -0.3 is 4.74 Å². The van der Waals surface area contributed by atoms with Gasteiger partial charge in [0.1, 0.15) is 5.75 Å². The summed E-state index contributed by atoms with van der Waals surface area (Å²) in [6.45, 7) is 6.20. The number of benzene rings is 2. The number of rotatable bonds is 4. The second kappa shape index (κ2) is 6.87. The molecule has 3 rings (SSSR count). The van der Waals surface area contributed by atoms with Crippen LogP contribution in [0.3, 0.4) is 0 Å². The van der Waals surface area contributed by atoms with Gasteiger partial charge in [-0.1, -0.05) is 42.0 Å². The van der Waals surface area contributed by atoms with E-state index in [0.29, 0.717) is 13.0 Å². The maximum atomic E-state index is 12.1. The van der Waals surface area contributed by atoms with Gasteiger partial charge in [-0.15, -0.1) is 0 Å². The van der Waals surface area contributed by atoms with Crippen LogP contribution in [0.15, 0.2) is 53.6 Å². The fourth-order valence-electron chi connectivity index (χ4n) is 3.04. The van der Waals surface area contributed by atoms with Crippen molar-refractivity contribution < 1.29 is 9.53 Å². The Morgan fingerprint density at radius 3 is 2.75 bits per heavy atom. The zero-order valence-corrected chi connectivity index (χ0v) is 14.3. The Labute approximate surface area is 142 Å². The summed E-state index contributed by atoms with van der Waals surface area (Å²) < 4.78 is 5.59. The first-order valence-corrected chi connectivity index (χ1v) is 8.25. The van der Waals surface area contributed by atoms with E-state index in [1.807, 2.05) is 43.3 Å². The Balaban J connectivity index is 1.92. The minimum absolute atomic E-state index is 0.0514. The van der Waals surface area contributed by atoms with E-state index in [2.05, 4.69) is 24.2 Å². The van der Waals surface area contributed by atoms with Gasteiger partial charge >= 0.3 is 0 Å². The molecule has 4 heteroatoms. The van der Waals surface area contributed by atoms with E-state index >= 15 is 0 Å². The molecule has 24 heavy (non-hydrogen) atoms. The maximum Gasteiger partial charge on any atom is 0.240 e. The number of carbonyl (C=O) groups is 1. The Kier molecular flexibility index (Phi) is 4.65. The van der Waals surface area contributed by atoms with Gasteiger partial charge in [-0.2, -0.15) is 5.10 Å². The van der Waals surface area contributed by atoms with Crippen molar-refractivity contribution in [3.05, 3.63) is 65.2 Å². The Hall–Kier alpha value is -2.62. The predicted octanol–water partition coefficient (Wildman–Crippen LogP) is 4.09. The highest BCUT2D eigenvalue weighted by molar-refractivity contribution is 6.03. The molecular weight excluding hydrogens is 300 g/mol. The number of nitrogens with zero attached hydrogens (tertiary/aromatic N) is 2. The largest absolute Gasteiger partial charge is 0.494 e. The van der Waals surface area contributed by atoms with Crippen LogP contribution in [0.2, 0.25) is 0 Å². The standard InChI is InChI=1S/C20H22N2O2/c1-4-24-18-10-6-9-17(12-18)20-13-19(21-22(20)15(3)23)16-8-5-7-14(2)11-16/h5-12,20H,4,13H2,1-3H3. The lowest BCUT2D eigenvalue weighted by atomic mass is 9.97. The molecule has 0 saturated carbocycles. The van der Waals surface area contributed by atoms with Gasteiger partial charge in [0, 0.05) is 13.3 Å². The average molecular weight is 322 g/mol. The van der Waals surface area contributed by atoms with Gasteiger partial charge in [0.05, 0.1) is 18.4 Å². The molecule has 0 spiro atoms. The lowest BCUT2D eigenvalue weighted by molar-refractivity contribution is -0.130. The van der Waals surface area contributed by atoms with Crippen molar-refractivity contribution in [2.75, 3.05) is 6.61 Å². The first-order valence-electron chi connectivity index (χ1n) is 8.25. The third-order valence-electron chi connectivity index (χ3n) is 4.14. The van der Waals surface area contributed by atoms with Crippen molar-refractivity contribution in [1.82, 2.24) is 5.01 Å². The second-order valence-corrected chi connectivity index (χ2v) is 6.01. The van der Waals surface area contributed by atoms with Crippen molar-refractivity contribution in [2.24, 2.45) is 5.10 Å². The molecule has 0 aromatic heterocycles. The molecule has 2 aromatic carbocycles. The van der Waals surface area contributed by atoms with Crippen molar-refractivity contribution in [2.45, 2.75) is 33.2 Å². The van der Waals surface area contributed by atoms with Crippen LogP contribution in [0.1, 0.15) is 43.0 Å². The number of carbonyl (C=O) groups excluding carboxylic acids is 1. The van der Waals surface area contributed by atoms with Crippen LogP contribution in [-0.2, 0) is 4.79 Å². The van der Waals surface area contributed by atoms with Gasteiger partial charge in [0.15, 0.2) is 0 Å². The molecule has 1 unspecified atom stereocenters. The minimum Gasteiger partial charge on any atom is -0.494 e. The normalized spacial score (nSPS) is 16.9. The SMILES string of the molecule is CCOc1cccc(C2CC(c3cccc(C)c3)=NN2C(C)=O)c1. The van der Waals surface area contributed by atoms with Crippen LogP contribution in [-0.4, -0.2) is 23.2 Å². The van der Waals surface area contributed by atoms with E-state index < -0.39 is 0 Å². The van der Waals surface area contributed by atoms with E-state index in [9.17, 15) is 4.79 Å². The van der Waals surface area contributed by atoms with E-state index in [0.717, 1.165) is 22.6 Å². The summed E-state index contributed by atoms with van der Waals surface area (Å²) in [5.41, 5.74) is 4.25. The zero-order valence-electron chi connectivity index (χ0n) is 14.3. The summed E-state index contributed by atoms with van der Waals surface area (Å²) >= 11 is 0. The summed E-state index contributed by atoms with van der Waals surface area (Å²) in [5, 5.41) is 6.18. The van der Waals surface area contributed by atoms with Crippen LogP contribution >= 0.6 is 0 Å². The quantitative estimate of drug-likeness (QED) is 0.851. The number of aryl methyl sites for hydroxylation is 1. The van der Waals surface area contributed by atoms with Gasteiger partial charge in [-0.05, 0) is 37.1 Å². The molecule has 2 aromatic rings. The molecule has 1 heterocycles. The molecule has 1 aliphatic heterocycles. The fraction of sp³-hybridized carbons (Fsp3) is 0.300. The topological polar surface area (TPSA) is 41.9 Å². The molecule has 1 amide bonds. The maximum absolute atomic E-state index is 12.1. The lowest BCUT2D eigenvalue weighted by Gasteiger charge is -2.21. The van der Waals surface area contributed by atoms with Gasteiger partial charge in [0.25, 0.3) is 0 Å². The highest BCUT2D eigenvalue weighted by Gasteiger charge is 2.31. The molecule has 124 valence electrons. The monoisotopic (exact) mass is 322 g/mol. The Bertz CT molecular complexity index is 783. The van der Waals surface area contributed by atoms with Crippen LogP contribution in [0.25, 0.3) is 0 Å². The molecule has 0 aliphatic carbocycles. The van der Waals surface area contributed by atoms with Crippen LogP contribution in [0.4, 0.5) is 0 Å². The fourth-order valence-corrected chi connectivity index (χ4v) is 3.04. The summed E-state index contributed by atoms with van der Waals surface area (Å²) in [5.74, 6) is 0.770. The van der Waals surface area contributed by atoms with Crippen molar-refractivity contribution in [3.8, 4) is 5.75 Å². The van der Waals surface area contributed by atoms with Crippen LogP contribution < -0.4 is 4.74 Å². The Morgan fingerprint density at radius 1 is 1.25 bits per heavy atom. The zero-order chi connectivity index (χ0) is 17.1. The first-order chi connectivity index (χ1) is 11.6. The van der Waals surface area contributed by atoms with Crippen molar-refractivity contribution in [3.63, 3.8) is 0 Å². The summed E-state index contributed by atoms with van der Waals surface area (Å²) in [6.07, 6.45) is 0.707. The van der Waals surface area contributed by atoms with Gasteiger partial charge in [0.2, 0.25) is 5.91 Å². The molecule has 1 aliphatic rings.